The summed E-state index contributed by atoms with van der Waals surface area (Å²) in [5.74, 6) is 0.489. The Kier molecular flexibility index (Phi) is 9.80. The zero-order valence-electron chi connectivity index (χ0n) is 19.3. The number of aryl methyl sites for hydroxylation is 1. The van der Waals surface area contributed by atoms with Crippen LogP contribution in [0, 0.1) is 0 Å². The molecule has 0 unspecified atom stereocenters. The first-order valence-electron chi connectivity index (χ1n) is 11.4. The standard InChI is InChI=1S/C27H30ClN3O3/c1-2-7-26(32)31-22-13-16-24(28)25(18-22)29-19-27(33)30-21-11-14-23(15-12-21)34-17-6-10-20-8-4-3-5-9-20/h3-5,8-9,11-16,18,29H,2,6-7,10,17,19H2,1H3,(H,30,33)(H,31,32). The van der Waals surface area contributed by atoms with Gasteiger partial charge in [0.05, 0.1) is 23.9 Å². The molecular formula is C27H30ClN3O3. The molecule has 0 atom stereocenters. The monoisotopic (exact) mass is 479 g/mol. The number of hydrogen-bond donors (Lipinski definition) is 3. The molecule has 0 aliphatic rings. The molecule has 0 aliphatic heterocycles. The highest BCUT2D eigenvalue weighted by Gasteiger charge is 2.08. The first-order valence-corrected chi connectivity index (χ1v) is 11.8. The minimum absolute atomic E-state index is 0.0316. The van der Waals surface area contributed by atoms with E-state index in [-0.39, 0.29) is 18.4 Å². The smallest absolute Gasteiger partial charge is 0.243 e. The summed E-state index contributed by atoms with van der Waals surface area (Å²) < 4.78 is 5.79. The van der Waals surface area contributed by atoms with Gasteiger partial charge < -0.3 is 20.7 Å². The number of amides is 2. The average Bonchev–Trinajstić information content (AvgIpc) is 2.84. The zero-order valence-corrected chi connectivity index (χ0v) is 20.0. The van der Waals surface area contributed by atoms with Crippen LogP contribution in [-0.2, 0) is 16.0 Å². The van der Waals surface area contributed by atoms with Gasteiger partial charge in [-0.25, -0.2) is 0 Å². The Morgan fingerprint density at radius 2 is 1.59 bits per heavy atom. The summed E-state index contributed by atoms with van der Waals surface area (Å²) in [6, 6.07) is 22.7. The van der Waals surface area contributed by atoms with Crippen molar-refractivity contribution in [2.24, 2.45) is 0 Å². The van der Waals surface area contributed by atoms with Crippen molar-refractivity contribution in [2.75, 3.05) is 29.1 Å². The van der Waals surface area contributed by atoms with Crippen molar-refractivity contribution in [3.63, 3.8) is 0 Å². The molecular weight excluding hydrogens is 450 g/mol. The van der Waals surface area contributed by atoms with Gasteiger partial charge in [-0.2, -0.15) is 0 Å². The Bertz CT molecular complexity index is 1070. The van der Waals surface area contributed by atoms with Gasteiger partial charge in [-0.15, -0.1) is 0 Å². The van der Waals surface area contributed by atoms with Crippen molar-refractivity contribution in [2.45, 2.75) is 32.6 Å². The molecule has 0 radical (unpaired) electrons. The summed E-state index contributed by atoms with van der Waals surface area (Å²) in [6.07, 6.45) is 3.12. The van der Waals surface area contributed by atoms with Crippen molar-refractivity contribution in [1.82, 2.24) is 0 Å². The Balaban J connectivity index is 1.42. The maximum atomic E-state index is 12.4. The predicted molar refractivity (Wildman–Crippen MR) is 139 cm³/mol. The normalized spacial score (nSPS) is 10.4. The number of ether oxygens (including phenoxy) is 1. The third kappa shape index (κ3) is 8.45. The fourth-order valence-electron chi connectivity index (χ4n) is 3.32. The molecule has 0 spiro atoms. The van der Waals surface area contributed by atoms with E-state index >= 15 is 0 Å². The van der Waals surface area contributed by atoms with Crippen LogP contribution in [0.15, 0.2) is 72.8 Å². The van der Waals surface area contributed by atoms with Gasteiger partial charge in [-0.3, -0.25) is 9.59 Å². The number of rotatable bonds is 12. The number of anilines is 3. The molecule has 7 heteroatoms. The Hall–Kier alpha value is -3.51. The van der Waals surface area contributed by atoms with E-state index in [1.165, 1.54) is 5.56 Å². The number of carbonyl (C=O) groups is 2. The highest BCUT2D eigenvalue weighted by molar-refractivity contribution is 6.33. The second-order valence-corrected chi connectivity index (χ2v) is 8.26. The lowest BCUT2D eigenvalue weighted by molar-refractivity contribution is -0.116. The van der Waals surface area contributed by atoms with Crippen molar-refractivity contribution >= 4 is 40.5 Å². The molecule has 178 valence electrons. The number of benzene rings is 3. The van der Waals surface area contributed by atoms with Gasteiger partial charge in [0.25, 0.3) is 0 Å². The van der Waals surface area contributed by atoms with E-state index in [0.717, 1.165) is 25.0 Å². The summed E-state index contributed by atoms with van der Waals surface area (Å²) in [6.45, 7) is 2.61. The number of carbonyl (C=O) groups excluding carboxylic acids is 2. The molecule has 0 heterocycles. The molecule has 2 amide bonds. The van der Waals surface area contributed by atoms with E-state index in [4.69, 9.17) is 16.3 Å². The molecule has 34 heavy (non-hydrogen) atoms. The third-order valence-electron chi connectivity index (χ3n) is 5.03. The van der Waals surface area contributed by atoms with Crippen molar-refractivity contribution in [3.05, 3.63) is 83.4 Å². The maximum absolute atomic E-state index is 12.4. The van der Waals surface area contributed by atoms with Crippen LogP contribution < -0.4 is 20.7 Å². The molecule has 3 N–H and O–H groups in total. The lowest BCUT2D eigenvalue weighted by Gasteiger charge is -2.12. The molecule has 3 rings (SSSR count). The average molecular weight is 480 g/mol. The van der Waals surface area contributed by atoms with E-state index in [2.05, 4.69) is 28.1 Å². The van der Waals surface area contributed by atoms with Crippen LogP contribution in [0.3, 0.4) is 0 Å². The first kappa shape index (κ1) is 25.1. The van der Waals surface area contributed by atoms with Gasteiger partial charge in [-0.1, -0.05) is 48.9 Å². The van der Waals surface area contributed by atoms with Gasteiger partial charge in [0.15, 0.2) is 0 Å². The van der Waals surface area contributed by atoms with Crippen LogP contribution in [0.2, 0.25) is 5.02 Å². The van der Waals surface area contributed by atoms with Gasteiger partial charge in [-0.05, 0) is 67.3 Å². The van der Waals surface area contributed by atoms with Gasteiger partial charge in [0.2, 0.25) is 11.8 Å². The highest BCUT2D eigenvalue weighted by Crippen LogP contribution is 2.25. The number of halogens is 1. The van der Waals surface area contributed by atoms with Crippen LogP contribution in [0.5, 0.6) is 5.75 Å². The maximum Gasteiger partial charge on any atom is 0.243 e. The van der Waals surface area contributed by atoms with Crippen molar-refractivity contribution < 1.29 is 14.3 Å². The zero-order chi connectivity index (χ0) is 24.2. The molecule has 0 saturated heterocycles. The van der Waals surface area contributed by atoms with Gasteiger partial charge >= 0.3 is 0 Å². The molecule has 3 aromatic rings. The molecule has 6 nitrogen and oxygen atoms in total. The predicted octanol–water partition coefficient (Wildman–Crippen LogP) is 6.14. The fourth-order valence-corrected chi connectivity index (χ4v) is 3.50. The van der Waals surface area contributed by atoms with Crippen LogP contribution >= 0.6 is 11.6 Å². The summed E-state index contributed by atoms with van der Waals surface area (Å²) in [5.41, 5.74) is 3.18. The van der Waals surface area contributed by atoms with Crippen LogP contribution in [0.1, 0.15) is 31.7 Å². The molecule has 3 aromatic carbocycles. The van der Waals surface area contributed by atoms with E-state index in [1.807, 2.05) is 37.3 Å². The minimum atomic E-state index is -0.215. The SMILES string of the molecule is CCCC(=O)Nc1ccc(Cl)c(NCC(=O)Nc2ccc(OCCCc3ccccc3)cc2)c1. The van der Waals surface area contributed by atoms with E-state index < -0.39 is 0 Å². The summed E-state index contributed by atoms with van der Waals surface area (Å²) in [7, 11) is 0. The van der Waals surface area contributed by atoms with E-state index in [1.54, 1.807) is 30.3 Å². The Labute approximate surface area is 205 Å². The molecule has 0 aliphatic carbocycles. The number of nitrogens with one attached hydrogen (secondary N) is 3. The summed E-state index contributed by atoms with van der Waals surface area (Å²) in [4.78, 5) is 24.2. The summed E-state index contributed by atoms with van der Waals surface area (Å²) >= 11 is 6.22. The van der Waals surface area contributed by atoms with Crippen molar-refractivity contribution in [3.8, 4) is 5.75 Å². The van der Waals surface area contributed by atoms with E-state index in [0.29, 0.717) is 35.1 Å². The second kappa shape index (κ2) is 13.3. The van der Waals surface area contributed by atoms with Crippen LogP contribution in [0.25, 0.3) is 0 Å². The Morgan fingerprint density at radius 3 is 2.32 bits per heavy atom. The topological polar surface area (TPSA) is 79.5 Å². The Morgan fingerprint density at radius 1 is 0.882 bits per heavy atom. The minimum Gasteiger partial charge on any atom is -0.494 e. The molecule has 0 bridgehead atoms. The van der Waals surface area contributed by atoms with Gasteiger partial charge in [0, 0.05) is 17.8 Å². The third-order valence-corrected chi connectivity index (χ3v) is 5.36. The highest BCUT2D eigenvalue weighted by atomic mass is 35.5. The molecule has 0 fully saturated rings. The molecule has 0 aromatic heterocycles. The lowest BCUT2D eigenvalue weighted by Crippen LogP contribution is -2.22. The molecule has 0 saturated carbocycles. The number of hydrogen-bond acceptors (Lipinski definition) is 4. The summed E-state index contributed by atoms with van der Waals surface area (Å²) in [5, 5.41) is 9.15. The van der Waals surface area contributed by atoms with Gasteiger partial charge in [0.1, 0.15) is 5.75 Å². The fraction of sp³-hybridized carbons (Fsp3) is 0.259. The quantitative estimate of drug-likeness (QED) is 0.272. The van der Waals surface area contributed by atoms with E-state index in [9.17, 15) is 9.59 Å². The van der Waals surface area contributed by atoms with Crippen LogP contribution in [-0.4, -0.2) is 25.0 Å². The first-order chi connectivity index (χ1) is 16.5. The lowest BCUT2D eigenvalue weighted by atomic mass is 10.1. The largest absolute Gasteiger partial charge is 0.494 e. The second-order valence-electron chi connectivity index (χ2n) is 7.86. The van der Waals surface area contributed by atoms with Crippen molar-refractivity contribution in [1.29, 1.82) is 0 Å². The van der Waals surface area contributed by atoms with Crippen LogP contribution in [0.4, 0.5) is 17.1 Å².